The van der Waals surface area contributed by atoms with Crippen LogP contribution in [-0.4, -0.2) is 111 Å². The Kier molecular flexibility index (Phi) is 8.95. The molecule has 5 aliphatic heterocycles. The molecule has 0 bridgehead atoms. The number of fused-ring (bicyclic) bond motifs is 1. The summed E-state index contributed by atoms with van der Waals surface area (Å²) in [6.45, 7) is 5.13. The molecular weight excluding hydrogens is 764 g/mol. The van der Waals surface area contributed by atoms with Crippen LogP contribution in [0.3, 0.4) is 0 Å². The van der Waals surface area contributed by atoms with Crippen LogP contribution in [-0.2, 0) is 9.59 Å². The summed E-state index contributed by atoms with van der Waals surface area (Å²) in [7, 11) is 0. The van der Waals surface area contributed by atoms with Crippen LogP contribution >= 0.6 is 11.6 Å². The highest BCUT2D eigenvalue weighted by atomic mass is 35.5. The molecule has 7 heterocycles. The summed E-state index contributed by atoms with van der Waals surface area (Å²) in [4.78, 5) is 76.3. The number of nitrogens with one attached hydrogen (secondary N) is 3. The lowest BCUT2D eigenvalue weighted by molar-refractivity contribution is -0.136. The van der Waals surface area contributed by atoms with Crippen LogP contribution in [0.5, 0.6) is 5.75 Å². The highest BCUT2D eigenvalue weighted by molar-refractivity contribution is 6.24. The van der Waals surface area contributed by atoms with Gasteiger partial charge in [0.05, 0.1) is 22.4 Å². The number of aromatic nitrogens is 3. The first-order chi connectivity index (χ1) is 27.3. The molecular formula is C39H36ClF2N9O6. The minimum absolute atomic E-state index is 0.0733. The van der Waals surface area contributed by atoms with Crippen LogP contribution in [0.2, 0.25) is 0 Å². The molecule has 1 spiro atoms. The Morgan fingerprint density at radius 1 is 0.930 bits per heavy atom. The summed E-state index contributed by atoms with van der Waals surface area (Å²) >= 11 is 4.84. The number of ether oxygens (including phenoxy) is 1. The Hall–Kier alpha value is -5.94. The lowest BCUT2D eigenvalue weighted by Crippen LogP contribution is -2.65. The SMILES string of the molecule is O=C1CCC(N2C(=O)c3ccc(N4CC(N5CCC6(CC5)CN(c5ncc(C(=O)Nc7ccc(OC(F)(F)Cl)cc7)cc5-c5ccn[nH]5)C6)C4)cc3C2=O)C(=O)N1. The molecule has 2 aromatic heterocycles. The van der Waals surface area contributed by atoms with Gasteiger partial charge in [-0.1, -0.05) is 0 Å². The van der Waals surface area contributed by atoms with Gasteiger partial charge in [-0.25, -0.2) is 4.98 Å². The third kappa shape index (κ3) is 6.94. The fourth-order valence-corrected chi connectivity index (χ4v) is 8.62. The molecule has 3 N–H and O–H groups in total. The molecule has 5 amide bonds. The average Bonchev–Trinajstić information content (AvgIpc) is 3.77. The predicted molar refractivity (Wildman–Crippen MR) is 202 cm³/mol. The average molecular weight is 800 g/mol. The Labute approximate surface area is 329 Å². The standard InChI is InChI=1S/C39H36ClF2N9O6/c40-39(41,42)57-26-4-1-23(2-5-26)45-34(53)22-15-29(30-9-12-44-47-30)33(43-17-22)50-20-38(21-50)10-13-48(14-11-38)25-18-49(19-25)24-3-6-27-28(16-24)37(56)51(36(27)55)31-7-8-32(52)46-35(31)54/h1-6,9,12,15-17,25,31H,7-8,10-11,13-14,18-21H2,(H,44,47)(H,45,53)(H,46,52,54). The molecule has 0 aliphatic carbocycles. The highest BCUT2D eigenvalue weighted by Crippen LogP contribution is 2.45. The van der Waals surface area contributed by atoms with E-state index in [2.05, 4.69) is 40.3 Å². The smallest absolute Gasteiger partial charge is 0.420 e. The van der Waals surface area contributed by atoms with Gasteiger partial charge < -0.3 is 19.9 Å². The number of H-pyrrole nitrogens is 1. The van der Waals surface area contributed by atoms with E-state index in [-0.39, 0.29) is 35.1 Å². The number of likely N-dealkylation sites (tertiary alicyclic amines) is 1. The maximum absolute atomic E-state index is 13.3. The second-order valence-electron chi connectivity index (χ2n) is 15.2. The van der Waals surface area contributed by atoms with Crippen LogP contribution in [0.15, 0.2) is 67.0 Å². The van der Waals surface area contributed by atoms with Gasteiger partial charge in [-0.05, 0) is 86.9 Å². The minimum Gasteiger partial charge on any atom is -0.420 e. The van der Waals surface area contributed by atoms with E-state index < -0.39 is 41.1 Å². The zero-order chi connectivity index (χ0) is 39.6. The van der Waals surface area contributed by atoms with Crippen molar-refractivity contribution in [3.8, 4) is 17.0 Å². The Morgan fingerprint density at radius 2 is 1.67 bits per heavy atom. The number of pyridine rings is 1. The van der Waals surface area contributed by atoms with E-state index in [0.717, 1.165) is 74.1 Å². The van der Waals surface area contributed by atoms with E-state index >= 15 is 0 Å². The minimum atomic E-state index is -3.84. The highest BCUT2D eigenvalue weighted by Gasteiger charge is 2.48. The topological polar surface area (TPSA) is 173 Å². The molecule has 0 radical (unpaired) electrons. The number of aromatic amines is 1. The van der Waals surface area contributed by atoms with E-state index in [1.807, 2.05) is 12.1 Å². The summed E-state index contributed by atoms with van der Waals surface area (Å²) in [5.74, 6) is -1.89. The van der Waals surface area contributed by atoms with Gasteiger partial charge >= 0.3 is 5.57 Å². The molecule has 4 aromatic rings. The lowest BCUT2D eigenvalue weighted by atomic mass is 9.71. The normalized spacial score (nSPS) is 21.0. The van der Waals surface area contributed by atoms with Gasteiger partial charge in [0.1, 0.15) is 17.6 Å². The first-order valence-corrected chi connectivity index (χ1v) is 19.0. The largest absolute Gasteiger partial charge is 0.487 e. The fraction of sp³-hybridized carbons (Fsp3) is 0.359. The Bertz CT molecular complexity index is 2280. The molecule has 9 rings (SSSR count). The summed E-state index contributed by atoms with van der Waals surface area (Å²) in [5.41, 5.74) is -0.164. The molecule has 15 nitrogen and oxygen atoms in total. The first kappa shape index (κ1) is 36.7. The van der Waals surface area contributed by atoms with Gasteiger partial charge in [-0.15, -0.1) is 8.78 Å². The second kappa shape index (κ2) is 13.9. The van der Waals surface area contributed by atoms with Crippen molar-refractivity contribution in [1.29, 1.82) is 0 Å². The maximum atomic E-state index is 13.3. The van der Waals surface area contributed by atoms with Crippen LogP contribution < -0.4 is 25.2 Å². The van der Waals surface area contributed by atoms with Gasteiger partial charge in [0.15, 0.2) is 0 Å². The third-order valence-corrected chi connectivity index (χ3v) is 11.7. The fourth-order valence-electron chi connectivity index (χ4n) is 8.53. The van der Waals surface area contributed by atoms with E-state index in [4.69, 9.17) is 16.6 Å². The number of hydrogen-bond acceptors (Lipinski definition) is 11. The maximum Gasteiger partial charge on any atom is 0.487 e. The number of rotatable bonds is 9. The quantitative estimate of drug-likeness (QED) is 0.165. The number of carbonyl (C=O) groups is 5. The van der Waals surface area contributed by atoms with Gasteiger partial charge in [0.25, 0.3) is 17.7 Å². The van der Waals surface area contributed by atoms with Crippen molar-refractivity contribution in [2.75, 3.05) is 54.4 Å². The summed E-state index contributed by atoms with van der Waals surface area (Å²) < 4.78 is 30.3. The molecule has 4 fully saturated rings. The molecule has 57 heavy (non-hydrogen) atoms. The molecule has 0 saturated carbocycles. The molecule has 5 aliphatic rings. The second-order valence-corrected chi connectivity index (χ2v) is 15.7. The van der Waals surface area contributed by atoms with Crippen LogP contribution in [0.1, 0.15) is 56.8 Å². The molecule has 1 unspecified atom stereocenters. The van der Waals surface area contributed by atoms with Crippen molar-refractivity contribution in [2.45, 2.75) is 43.3 Å². The number of carbonyl (C=O) groups excluding carboxylic acids is 5. The summed E-state index contributed by atoms with van der Waals surface area (Å²) in [6.07, 6.45) is 5.40. The number of anilines is 3. The Balaban J connectivity index is 0.794. The van der Waals surface area contributed by atoms with Crippen molar-refractivity contribution in [3.63, 3.8) is 0 Å². The van der Waals surface area contributed by atoms with E-state index in [0.29, 0.717) is 23.0 Å². The van der Waals surface area contributed by atoms with Crippen LogP contribution in [0.25, 0.3) is 11.3 Å². The number of piperidine rings is 2. The predicted octanol–water partition coefficient (Wildman–Crippen LogP) is 4.08. The van der Waals surface area contributed by atoms with Gasteiger partial charge in [-0.2, -0.15) is 5.10 Å². The van der Waals surface area contributed by atoms with Crippen molar-refractivity contribution in [3.05, 3.63) is 83.7 Å². The molecule has 294 valence electrons. The van der Waals surface area contributed by atoms with E-state index in [9.17, 15) is 32.8 Å². The van der Waals surface area contributed by atoms with Gasteiger partial charge in [0.2, 0.25) is 11.8 Å². The number of halogens is 3. The number of amides is 5. The number of imide groups is 2. The van der Waals surface area contributed by atoms with E-state index in [1.165, 1.54) is 30.5 Å². The van der Waals surface area contributed by atoms with Crippen molar-refractivity contribution in [1.82, 2.24) is 30.3 Å². The van der Waals surface area contributed by atoms with Gasteiger partial charge in [0, 0.05) is 85.0 Å². The molecule has 4 saturated heterocycles. The third-order valence-electron chi connectivity index (χ3n) is 11.6. The monoisotopic (exact) mass is 799 g/mol. The lowest BCUT2D eigenvalue weighted by Gasteiger charge is -2.57. The zero-order valence-electron chi connectivity index (χ0n) is 30.3. The van der Waals surface area contributed by atoms with Crippen molar-refractivity contribution < 1.29 is 37.5 Å². The van der Waals surface area contributed by atoms with Gasteiger partial charge in [-0.3, -0.25) is 44.2 Å². The summed E-state index contributed by atoms with van der Waals surface area (Å²) in [6, 6.07) is 13.6. The first-order valence-electron chi connectivity index (χ1n) is 18.6. The number of alkyl halides is 3. The van der Waals surface area contributed by atoms with Crippen molar-refractivity contribution in [2.24, 2.45) is 5.41 Å². The summed E-state index contributed by atoms with van der Waals surface area (Å²) in [5, 5.41) is 12.1. The van der Waals surface area contributed by atoms with Crippen molar-refractivity contribution >= 4 is 58.3 Å². The molecule has 1 atom stereocenters. The molecule has 18 heteroatoms. The van der Waals surface area contributed by atoms with E-state index in [1.54, 1.807) is 24.4 Å². The number of benzene rings is 2. The molecule has 2 aromatic carbocycles. The number of nitrogens with zero attached hydrogens (tertiary/aromatic N) is 6. The zero-order valence-corrected chi connectivity index (χ0v) is 31.1. The Morgan fingerprint density at radius 3 is 2.35 bits per heavy atom. The number of hydrogen-bond donors (Lipinski definition) is 3. The van der Waals surface area contributed by atoms with Crippen LogP contribution in [0, 0.1) is 5.41 Å². The van der Waals surface area contributed by atoms with Crippen LogP contribution in [0.4, 0.5) is 26.0 Å².